The van der Waals surface area contributed by atoms with Gasteiger partial charge < -0.3 is 19.5 Å². The zero-order valence-corrected chi connectivity index (χ0v) is 20.2. The second kappa shape index (κ2) is 11.3. The first-order valence-corrected chi connectivity index (χ1v) is 12.4. The molecule has 0 saturated heterocycles. The van der Waals surface area contributed by atoms with Crippen LogP contribution in [0.2, 0.25) is 0 Å². The number of hydrogen-bond acceptors (Lipinski definition) is 6. The second-order valence-electron chi connectivity index (χ2n) is 7.58. The number of amides is 1. The van der Waals surface area contributed by atoms with Crippen molar-refractivity contribution in [1.29, 1.82) is 0 Å². The predicted molar refractivity (Wildman–Crippen MR) is 137 cm³/mol. The van der Waals surface area contributed by atoms with Gasteiger partial charge in [0, 0.05) is 11.4 Å². The van der Waals surface area contributed by atoms with Gasteiger partial charge in [-0.2, -0.15) is 0 Å². The number of ether oxygens (including phenoxy) is 3. The van der Waals surface area contributed by atoms with Crippen LogP contribution in [0.4, 0.5) is 11.4 Å². The minimum Gasteiger partial charge on any atom is -0.497 e. The molecule has 0 unspecified atom stereocenters. The number of carbonyl (C=O) groups excluding carboxylic acids is 1. The van der Waals surface area contributed by atoms with E-state index in [1.807, 2.05) is 30.3 Å². The molecule has 0 aliphatic carbocycles. The van der Waals surface area contributed by atoms with Crippen LogP contribution in [0.1, 0.15) is 0 Å². The van der Waals surface area contributed by atoms with Crippen LogP contribution in [-0.2, 0) is 14.8 Å². The van der Waals surface area contributed by atoms with E-state index in [0.29, 0.717) is 28.6 Å². The summed E-state index contributed by atoms with van der Waals surface area (Å²) in [5.41, 5.74) is 1.00. The molecule has 4 aromatic rings. The summed E-state index contributed by atoms with van der Waals surface area (Å²) in [5, 5.41) is 2.74. The number of rotatable bonds is 10. The number of methoxy groups -OCH3 is 1. The van der Waals surface area contributed by atoms with Gasteiger partial charge in [-0.1, -0.05) is 18.2 Å². The van der Waals surface area contributed by atoms with Crippen molar-refractivity contribution in [2.75, 3.05) is 23.8 Å². The van der Waals surface area contributed by atoms with Crippen LogP contribution >= 0.6 is 0 Å². The van der Waals surface area contributed by atoms with E-state index in [9.17, 15) is 13.2 Å². The molecule has 0 radical (unpaired) electrons. The molecule has 36 heavy (non-hydrogen) atoms. The predicted octanol–water partition coefficient (Wildman–Crippen LogP) is 5.31. The first-order chi connectivity index (χ1) is 17.4. The van der Waals surface area contributed by atoms with Gasteiger partial charge in [0.15, 0.2) is 6.61 Å². The molecule has 1 amide bonds. The summed E-state index contributed by atoms with van der Waals surface area (Å²) in [6.07, 6.45) is 0. The number of anilines is 2. The third-order valence-corrected chi connectivity index (χ3v) is 6.36. The molecular formula is C27H24N2O6S. The standard InChI is InChI=1S/C27H24N2O6S/c1-33-22-11-9-21(10-12-22)29-36(31,32)26-17-15-23(16-18-26)34-19-27(30)28-20-7-13-25(14-8-20)35-24-5-3-2-4-6-24/h2-18,29H,19H2,1H3,(H,28,30). The average Bonchev–Trinajstić information content (AvgIpc) is 2.90. The Balaban J connectivity index is 1.27. The van der Waals surface area contributed by atoms with Gasteiger partial charge in [-0.25, -0.2) is 8.42 Å². The van der Waals surface area contributed by atoms with Crippen molar-refractivity contribution in [3.8, 4) is 23.0 Å². The van der Waals surface area contributed by atoms with Gasteiger partial charge >= 0.3 is 0 Å². The van der Waals surface area contributed by atoms with E-state index in [0.717, 1.165) is 5.75 Å². The van der Waals surface area contributed by atoms with E-state index in [1.54, 1.807) is 48.5 Å². The summed E-state index contributed by atoms with van der Waals surface area (Å²) >= 11 is 0. The zero-order valence-electron chi connectivity index (χ0n) is 19.4. The Morgan fingerprint density at radius 2 is 1.25 bits per heavy atom. The molecule has 0 bridgehead atoms. The summed E-state index contributed by atoms with van der Waals surface area (Å²) in [4.78, 5) is 12.3. The maximum atomic E-state index is 12.6. The van der Waals surface area contributed by atoms with E-state index in [2.05, 4.69) is 10.0 Å². The molecule has 0 aliphatic rings. The highest BCUT2D eigenvalue weighted by Crippen LogP contribution is 2.23. The maximum Gasteiger partial charge on any atom is 0.262 e. The minimum atomic E-state index is -3.78. The number of sulfonamides is 1. The fraction of sp³-hybridized carbons (Fsp3) is 0.0741. The molecule has 4 aromatic carbocycles. The fourth-order valence-corrected chi connectivity index (χ4v) is 4.22. The molecule has 0 saturated carbocycles. The average molecular weight is 505 g/mol. The lowest BCUT2D eigenvalue weighted by Gasteiger charge is -2.11. The van der Waals surface area contributed by atoms with Gasteiger partial charge in [-0.15, -0.1) is 0 Å². The Bertz CT molecular complexity index is 1390. The highest BCUT2D eigenvalue weighted by molar-refractivity contribution is 7.92. The summed E-state index contributed by atoms with van der Waals surface area (Å²) in [6, 6.07) is 28.7. The summed E-state index contributed by atoms with van der Waals surface area (Å²) in [5.74, 6) is 1.99. The lowest BCUT2D eigenvalue weighted by molar-refractivity contribution is -0.118. The molecule has 0 fully saturated rings. The summed E-state index contributed by atoms with van der Waals surface area (Å²) < 4.78 is 44.0. The molecule has 0 heterocycles. The van der Waals surface area contributed by atoms with Crippen LogP contribution in [0.25, 0.3) is 0 Å². The molecule has 8 nitrogen and oxygen atoms in total. The normalized spacial score (nSPS) is 10.8. The third-order valence-electron chi connectivity index (χ3n) is 4.96. The SMILES string of the molecule is COc1ccc(NS(=O)(=O)c2ccc(OCC(=O)Nc3ccc(Oc4ccccc4)cc3)cc2)cc1. The molecule has 184 valence electrons. The third kappa shape index (κ3) is 6.77. The van der Waals surface area contributed by atoms with Crippen LogP contribution in [-0.4, -0.2) is 28.0 Å². The molecule has 0 aliphatic heterocycles. The van der Waals surface area contributed by atoms with Gasteiger partial charge in [0.2, 0.25) is 0 Å². The van der Waals surface area contributed by atoms with Crippen LogP contribution < -0.4 is 24.2 Å². The van der Waals surface area contributed by atoms with E-state index in [4.69, 9.17) is 14.2 Å². The first kappa shape index (κ1) is 24.6. The van der Waals surface area contributed by atoms with Crippen molar-refractivity contribution in [2.24, 2.45) is 0 Å². The van der Waals surface area contributed by atoms with Gasteiger partial charge in [0.25, 0.3) is 15.9 Å². The Kier molecular flexibility index (Phi) is 7.72. The summed E-state index contributed by atoms with van der Waals surface area (Å²) in [6.45, 7) is -0.238. The summed E-state index contributed by atoms with van der Waals surface area (Å²) in [7, 11) is -2.25. The Labute approximate surface area is 209 Å². The van der Waals surface area contributed by atoms with Crippen molar-refractivity contribution >= 4 is 27.3 Å². The smallest absolute Gasteiger partial charge is 0.262 e. The van der Waals surface area contributed by atoms with Crippen molar-refractivity contribution in [1.82, 2.24) is 0 Å². The van der Waals surface area contributed by atoms with Crippen LogP contribution in [0.5, 0.6) is 23.0 Å². The largest absolute Gasteiger partial charge is 0.497 e. The maximum absolute atomic E-state index is 12.6. The fourth-order valence-electron chi connectivity index (χ4n) is 3.17. The van der Waals surface area contributed by atoms with Gasteiger partial charge in [-0.3, -0.25) is 9.52 Å². The Hall–Kier alpha value is -4.50. The van der Waals surface area contributed by atoms with Crippen molar-refractivity contribution in [3.63, 3.8) is 0 Å². The molecule has 0 aromatic heterocycles. The van der Waals surface area contributed by atoms with Crippen LogP contribution in [0.3, 0.4) is 0 Å². The van der Waals surface area contributed by atoms with Crippen molar-refractivity contribution < 1.29 is 27.4 Å². The number of carbonyl (C=O) groups is 1. The lowest BCUT2D eigenvalue weighted by Crippen LogP contribution is -2.20. The van der Waals surface area contributed by atoms with Gasteiger partial charge in [0.1, 0.15) is 23.0 Å². The van der Waals surface area contributed by atoms with Crippen LogP contribution in [0, 0.1) is 0 Å². The highest BCUT2D eigenvalue weighted by atomic mass is 32.2. The molecule has 4 rings (SSSR count). The number of benzene rings is 4. The Morgan fingerprint density at radius 3 is 1.89 bits per heavy atom. The van der Waals surface area contributed by atoms with Gasteiger partial charge in [0.05, 0.1) is 12.0 Å². The Morgan fingerprint density at radius 1 is 0.694 bits per heavy atom. The molecule has 0 spiro atoms. The topological polar surface area (TPSA) is 103 Å². The number of hydrogen-bond donors (Lipinski definition) is 2. The van der Waals surface area contributed by atoms with Gasteiger partial charge in [-0.05, 0) is 84.9 Å². The zero-order chi connectivity index (χ0) is 25.4. The van der Waals surface area contributed by atoms with E-state index in [-0.39, 0.29) is 17.4 Å². The van der Waals surface area contributed by atoms with E-state index in [1.165, 1.54) is 31.4 Å². The van der Waals surface area contributed by atoms with Crippen LogP contribution in [0.15, 0.2) is 108 Å². The quantitative estimate of drug-likeness (QED) is 0.304. The molecule has 9 heteroatoms. The molecule has 2 N–H and O–H groups in total. The number of para-hydroxylation sites is 1. The van der Waals surface area contributed by atoms with Crippen molar-refractivity contribution in [3.05, 3.63) is 103 Å². The van der Waals surface area contributed by atoms with Crippen molar-refractivity contribution in [2.45, 2.75) is 4.90 Å². The number of nitrogens with one attached hydrogen (secondary N) is 2. The highest BCUT2D eigenvalue weighted by Gasteiger charge is 2.14. The minimum absolute atomic E-state index is 0.0629. The monoisotopic (exact) mass is 504 g/mol. The van der Waals surface area contributed by atoms with E-state index >= 15 is 0 Å². The second-order valence-corrected chi connectivity index (χ2v) is 9.26. The molecular weight excluding hydrogens is 480 g/mol. The molecule has 0 atom stereocenters. The van der Waals surface area contributed by atoms with E-state index < -0.39 is 10.0 Å². The first-order valence-electron chi connectivity index (χ1n) is 10.9. The lowest BCUT2D eigenvalue weighted by atomic mass is 10.3.